The second kappa shape index (κ2) is 5.21. The number of alkyl halides is 1. The number of hydrogen-bond acceptors (Lipinski definition) is 1. The van der Waals surface area contributed by atoms with Crippen molar-refractivity contribution in [2.24, 2.45) is 0 Å². The third-order valence-electron chi connectivity index (χ3n) is 1.95. The van der Waals surface area contributed by atoms with Crippen LogP contribution in [0, 0.1) is 11.6 Å². The van der Waals surface area contributed by atoms with Crippen molar-refractivity contribution in [2.45, 2.75) is 13.0 Å². The minimum atomic E-state index is -0.917. The van der Waals surface area contributed by atoms with Crippen LogP contribution in [0.5, 0.6) is 0 Å². The summed E-state index contributed by atoms with van der Waals surface area (Å²) in [6.07, 6.45) is 0. The first-order chi connectivity index (χ1) is 7.06. The molecule has 0 radical (unpaired) electrons. The van der Waals surface area contributed by atoms with Crippen LogP contribution in [0.4, 0.5) is 8.78 Å². The number of carbonyl (C=O) groups is 1. The molecule has 1 aromatic carbocycles. The number of amides is 1. The molecule has 1 amide bonds. The summed E-state index contributed by atoms with van der Waals surface area (Å²) in [6, 6.07) is 3.34. The van der Waals surface area contributed by atoms with Crippen molar-refractivity contribution >= 4 is 21.8 Å². The molecule has 0 fully saturated rings. The first kappa shape index (κ1) is 12.1. The Balaban J connectivity index is 2.86. The molecule has 15 heavy (non-hydrogen) atoms. The summed E-state index contributed by atoms with van der Waals surface area (Å²) in [5.74, 6) is -2.10. The van der Waals surface area contributed by atoms with Gasteiger partial charge in [-0.15, -0.1) is 0 Å². The number of benzene rings is 1. The SMILES string of the molecule is CC(NC(=O)CBr)c1cccc(F)c1F. The van der Waals surface area contributed by atoms with Gasteiger partial charge in [-0.2, -0.15) is 0 Å². The zero-order valence-corrected chi connectivity index (χ0v) is 9.64. The Morgan fingerprint density at radius 2 is 2.20 bits per heavy atom. The minimum Gasteiger partial charge on any atom is -0.349 e. The molecule has 0 spiro atoms. The minimum absolute atomic E-state index is 0.133. The molecule has 2 nitrogen and oxygen atoms in total. The lowest BCUT2D eigenvalue weighted by Crippen LogP contribution is -2.28. The fourth-order valence-electron chi connectivity index (χ4n) is 1.21. The van der Waals surface area contributed by atoms with Gasteiger partial charge >= 0.3 is 0 Å². The molecule has 0 heterocycles. The molecule has 5 heteroatoms. The van der Waals surface area contributed by atoms with Crippen LogP contribution in [-0.4, -0.2) is 11.2 Å². The summed E-state index contributed by atoms with van der Waals surface area (Å²) < 4.78 is 26.1. The van der Waals surface area contributed by atoms with Crippen LogP contribution in [-0.2, 0) is 4.79 Å². The highest BCUT2D eigenvalue weighted by molar-refractivity contribution is 9.09. The predicted octanol–water partition coefficient (Wildman–Crippen LogP) is 2.54. The number of hydrogen-bond donors (Lipinski definition) is 1. The quantitative estimate of drug-likeness (QED) is 0.846. The van der Waals surface area contributed by atoms with Crippen LogP contribution in [0.2, 0.25) is 0 Å². The Labute approximate surface area is 94.8 Å². The van der Waals surface area contributed by atoms with Crippen LogP contribution in [0.1, 0.15) is 18.5 Å². The average molecular weight is 278 g/mol. The molecule has 0 aliphatic rings. The summed E-state index contributed by atoms with van der Waals surface area (Å²) >= 11 is 2.97. The van der Waals surface area contributed by atoms with E-state index in [1.54, 1.807) is 6.92 Å². The number of carbonyl (C=O) groups excluding carboxylic acids is 1. The van der Waals surface area contributed by atoms with Gasteiger partial charge in [0.25, 0.3) is 0 Å². The lowest BCUT2D eigenvalue weighted by atomic mass is 10.1. The highest BCUT2D eigenvalue weighted by Gasteiger charge is 2.15. The summed E-state index contributed by atoms with van der Waals surface area (Å²) in [5, 5.41) is 2.65. The largest absolute Gasteiger partial charge is 0.349 e. The maximum atomic E-state index is 13.3. The molecule has 0 aliphatic carbocycles. The van der Waals surface area contributed by atoms with Crippen molar-refractivity contribution in [3.63, 3.8) is 0 Å². The van der Waals surface area contributed by atoms with E-state index in [2.05, 4.69) is 21.2 Å². The normalized spacial score (nSPS) is 12.3. The lowest BCUT2D eigenvalue weighted by Gasteiger charge is -2.14. The lowest BCUT2D eigenvalue weighted by molar-refractivity contribution is -0.119. The van der Waals surface area contributed by atoms with Gasteiger partial charge in [-0.25, -0.2) is 8.78 Å². The fraction of sp³-hybridized carbons (Fsp3) is 0.300. The zero-order valence-electron chi connectivity index (χ0n) is 8.06. The van der Waals surface area contributed by atoms with E-state index in [-0.39, 0.29) is 16.8 Å². The molecule has 82 valence electrons. The maximum Gasteiger partial charge on any atom is 0.231 e. The summed E-state index contributed by atoms with van der Waals surface area (Å²) in [7, 11) is 0. The molecule has 0 saturated carbocycles. The molecule has 1 rings (SSSR count). The van der Waals surface area contributed by atoms with Gasteiger partial charge < -0.3 is 5.32 Å². The van der Waals surface area contributed by atoms with E-state index in [4.69, 9.17) is 0 Å². The molecule has 0 aromatic heterocycles. The Bertz CT molecular complexity index is 370. The van der Waals surface area contributed by atoms with Gasteiger partial charge in [-0.3, -0.25) is 4.79 Å². The summed E-state index contributed by atoms with van der Waals surface area (Å²) in [4.78, 5) is 11.0. The van der Waals surface area contributed by atoms with E-state index in [9.17, 15) is 13.6 Å². The van der Waals surface area contributed by atoms with Gasteiger partial charge in [0.2, 0.25) is 5.91 Å². The molecule has 1 aromatic rings. The van der Waals surface area contributed by atoms with Crippen molar-refractivity contribution in [3.05, 3.63) is 35.4 Å². The third kappa shape index (κ3) is 2.99. The Morgan fingerprint density at radius 1 is 1.53 bits per heavy atom. The summed E-state index contributed by atoms with van der Waals surface area (Å²) in [5.41, 5.74) is 0.143. The summed E-state index contributed by atoms with van der Waals surface area (Å²) in [6.45, 7) is 1.60. The van der Waals surface area contributed by atoms with Crippen molar-refractivity contribution in [1.82, 2.24) is 5.32 Å². The highest BCUT2D eigenvalue weighted by atomic mass is 79.9. The van der Waals surface area contributed by atoms with Gasteiger partial charge in [0.1, 0.15) is 0 Å². The van der Waals surface area contributed by atoms with E-state index < -0.39 is 17.7 Å². The molecular formula is C10H10BrF2NO. The average Bonchev–Trinajstić information content (AvgIpc) is 2.21. The van der Waals surface area contributed by atoms with E-state index in [0.717, 1.165) is 6.07 Å². The molecule has 0 aliphatic heterocycles. The molecule has 1 atom stereocenters. The molecule has 1 unspecified atom stereocenters. The van der Waals surface area contributed by atoms with Crippen LogP contribution in [0.3, 0.4) is 0 Å². The van der Waals surface area contributed by atoms with Crippen molar-refractivity contribution in [1.29, 1.82) is 0 Å². The second-order valence-electron chi connectivity index (χ2n) is 3.07. The molecule has 0 saturated heterocycles. The van der Waals surface area contributed by atoms with Crippen LogP contribution in [0.25, 0.3) is 0 Å². The van der Waals surface area contributed by atoms with E-state index in [0.29, 0.717) is 0 Å². The van der Waals surface area contributed by atoms with Gasteiger partial charge in [-0.05, 0) is 13.0 Å². The van der Waals surface area contributed by atoms with E-state index >= 15 is 0 Å². The monoisotopic (exact) mass is 277 g/mol. The Morgan fingerprint density at radius 3 is 2.80 bits per heavy atom. The fourth-order valence-corrected chi connectivity index (χ4v) is 1.37. The first-order valence-corrected chi connectivity index (χ1v) is 5.47. The molecule has 0 bridgehead atoms. The predicted molar refractivity (Wildman–Crippen MR) is 56.7 cm³/mol. The maximum absolute atomic E-state index is 13.3. The highest BCUT2D eigenvalue weighted by Crippen LogP contribution is 2.18. The van der Waals surface area contributed by atoms with Crippen molar-refractivity contribution < 1.29 is 13.6 Å². The van der Waals surface area contributed by atoms with E-state index in [1.165, 1.54) is 12.1 Å². The van der Waals surface area contributed by atoms with Gasteiger partial charge in [0.15, 0.2) is 11.6 Å². The van der Waals surface area contributed by atoms with Crippen molar-refractivity contribution in [3.8, 4) is 0 Å². The van der Waals surface area contributed by atoms with Crippen LogP contribution in [0.15, 0.2) is 18.2 Å². The second-order valence-corrected chi connectivity index (χ2v) is 3.63. The number of nitrogens with one attached hydrogen (secondary N) is 1. The zero-order chi connectivity index (χ0) is 11.4. The third-order valence-corrected chi connectivity index (χ3v) is 2.46. The van der Waals surface area contributed by atoms with Crippen LogP contribution >= 0.6 is 15.9 Å². The Kier molecular flexibility index (Phi) is 4.20. The topological polar surface area (TPSA) is 29.1 Å². The number of halogens is 3. The van der Waals surface area contributed by atoms with Gasteiger partial charge in [0.05, 0.1) is 11.4 Å². The smallest absolute Gasteiger partial charge is 0.231 e. The standard InChI is InChI=1S/C10H10BrF2NO/c1-6(14-9(15)5-11)7-3-2-4-8(12)10(7)13/h2-4,6H,5H2,1H3,(H,14,15). The Hall–Kier alpha value is -0.970. The van der Waals surface area contributed by atoms with Gasteiger partial charge in [-0.1, -0.05) is 28.1 Å². The van der Waals surface area contributed by atoms with Gasteiger partial charge in [0, 0.05) is 5.56 Å². The van der Waals surface area contributed by atoms with E-state index in [1.807, 2.05) is 0 Å². The number of rotatable bonds is 3. The van der Waals surface area contributed by atoms with Crippen molar-refractivity contribution in [2.75, 3.05) is 5.33 Å². The molecular weight excluding hydrogens is 268 g/mol. The molecule has 1 N–H and O–H groups in total. The van der Waals surface area contributed by atoms with Crippen LogP contribution < -0.4 is 5.32 Å². The first-order valence-electron chi connectivity index (χ1n) is 4.35.